The molecule has 2 fully saturated rings. The van der Waals surface area contributed by atoms with E-state index in [0.717, 1.165) is 50.3 Å². The van der Waals surface area contributed by atoms with Crippen LogP contribution in [0.3, 0.4) is 0 Å². The third-order valence-electron chi connectivity index (χ3n) is 12.7. The highest BCUT2D eigenvalue weighted by Gasteiger charge is 2.65. The van der Waals surface area contributed by atoms with Gasteiger partial charge in [-0.2, -0.15) is 0 Å². The van der Waals surface area contributed by atoms with Crippen LogP contribution in [0.4, 0.5) is 0 Å². The fourth-order valence-electron chi connectivity index (χ4n) is 10.8. The molecular weight excluding hydrogens is 544 g/mol. The van der Waals surface area contributed by atoms with Crippen LogP contribution in [-0.4, -0.2) is 90.5 Å². The molecule has 0 amide bonds. The van der Waals surface area contributed by atoms with Crippen LogP contribution in [-0.2, 0) is 23.7 Å². The fraction of sp³-hybridized carbons (Fsp3) is 0.543. The first-order valence-electron chi connectivity index (χ1n) is 16.0. The summed E-state index contributed by atoms with van der Waals surface area (Å²) in [4.78, 5) is 4.94. The monoisotopic (exact) mass is 582 g/mol. The zero-order valence-electron chi connectivity index (χ0n) is 24.6. The lowest BCUT2D eigenvalue weighted by Crippen LogP contribution is -2.64. The molecule has 0 unspecified atom stereocenters. The average Bonchev–Trinajstić information content (AvgIpc) is 3.55. The standard InChI is InChI=1S/C35H38N2O6/c1-36-13-11-34-20-5-7-24(38)32(34)42-30-26(9-3-18(28(30)34)15-22(20)36)40-17-41-27-10-4-19-16-23-21-6-8-25(39)33-35(21,12-14-37(23)2)29(19)31(27)43-33/h3-10,20-25,32-33,38-39H,11-17H2,1-2H3/t20-,21-,22+,23+,24-,25-,32-,33-,34-,35-/m0/s1. The Labute approximate surface area is 251 Å². The Bertz CT molecular complexity index is 1500. The van der Waals surface area contributed by atoms with Crippen molar-refractivity contribution in [1.29, 1.82) is 0 Å². The molecule has 2 aromatic carbocycles. The van der Waals surface area contributed by atoms with Crippen molar-refractivity contribution in [1.82, 2.24) is 9.80 Å². The number of hydrogen-bond acceptors (Lipinski definition) is 8. The molecule has 8 heteroatoms. The smallest absolute Gasteiger partial charge is 0.231 e. The first-order valence-corrected chi connectivity index (χ1v) is 16.0. The van der Waals surface area contributed by atoms with Gasteiger partial charge < -0.3 is 39.0 Å². The quantitative estimate of drug-likeness (QED) is 0.421. The maximum atomic E-state index is 11.1. The number of hydrogen-bond donors (Lipinski definition) is 2. The second-order valence-corrected chi connectivity index (χ2v) is 14.2. The van der Waals surface area contributed by atoms with Crippen molar-refractivity contribution >= 4 is 0 Å². The van der Waals surface area contributed by atoms with Crippen molar-refractivity contribution in [2.75, 3.05) is 34.0 Å². The molecule has 8 nitrogen and oxygen atoms in total. The zero-order valence-corrected chi connectivity index (χ0v) is 24.6. The van der Waals surface area contributed by atoms with Gasteiger partial charge in [0.2, 0.25) is 6.79 Å². The van der Waals surface area contributed by atoms with Gasteiger partial charge in [0.1, 0.15) is 24.4 Å². The van der Waals surface area contributed by atoms with Crippen LogP contribution >= 0.6 is 0 Å². The third-order valence-corrected chi connectivity index (χ3v) is 12.7. The predicted octanol–water partition coefficient (Wildman–Crippen LogP) is 2.71. The van der Waals surface area contributed by atoms with Gasteiger partial charge in [0, 0.05) is 45.9 Å². The number of likely N-dealkylation sites (tertiary alicyclic amines) is 2. The summed E-state index contributed by atoms with van der Waals surface area (Å²) in [7, 11) is 4.43. The second-order valence-electron chi connectivity index (χ2n) is 14.2. The summed E-state index contributed by atoms with van der Waals surface area (Å²) in [6, 6.07) is 9.19. The van der Waals surface area contributed by atoms with Gasteiger partial charge in [-0.15, -0.1) is 0 Å². The second kappa shape index (κ2) is 8.36. The molecule has 4 aliphatic heterocycles. The molecule has 4 bridgehead atoms. The van der Waals surface area contributed by atoms with Crippen LogP contribution in [0.15, 0.2) is 48.6 Å². The Morgan fingerprint density at radius 2 is 1.19 bits per heavy atom. The summed E-state index contributed by atoms with van der Waals surface area (Å²) in [5, 5.41) is 22.1. The van der Waals surface area contributed by atoms with Gasteiger partial charge in [-0.1, -0.05) is 36.4 Å². The highest BCUT2D eigenvalue weighted by Crippen LogP contribution is 2.64. The number of aliphatic hydroxyl groups is 2. The molecular formula is C35H38N2O6. The van der Waals surface area contributed by atoms with Crippen molar-refractivity contribution in [2.45, 2.75) is 73.0 Å². The van der Waals surface area contributed by atoms with E-state index in [-0.39, 0.29) is 29.8 Å². The molecule has 2 saturated heterocycles. The highest BCUT2D eigenvalue weighted by atomic mass is 16.7. The van der Waals surface area contributed by atoms with Gasteiger partial charge in [0.05, 0.1) is 0 Å². The Morgan fingerprint density at radius 1 is 0.721 bits per heavy atom. The number of rotatable bonds is 4. The van der Waals surface area contributed by atoms with Gasteiger partial charge in [-0.05, 0) is 76.1 Å². The van der Waals surface area contributed by atoms with Crippen molar-refractivity contribution in [3.8, 4) is 23.0 Å². The molecule has 2 N–H and O–H groups in total. The SMILES string of the molecule is CN1CC[C@]23c4c5ccc(OCOc6ccc7c8c6O[C@H]6[C@@H](O)C=C[C@H]9[C@@H](C7)N(C)CC[C@@]896)c4O[C@H]2[C@@H](O)C=C[C@H]3[C@H]1C5. The Hall–Kier alpha value is -3.04. The maximum absolute atomic E-state index is 11.1. The first kappa shape index (κ1) is 25.3. The molecule has 10 atom stereocenters. The van der Waals surface area contributed by atoms with E-state index < -0.39 is 12.2 Å². The van der Waals surface area contributed by atoms with E-state index in [9.17, 15) is 10.2 Å². The van der Waals surface area contributed by atoms with Crippen LogP contribution in [0.2, 0.25) is 0 Å². The number of piperidine rings is 2. The first-order chi connectivity index (χ1) is 20.9. The van der Waals surface area contributed by atoms with E-state index in [0.29, 0.717) is 35.4 Å². The van der Waals surface area contributed by atoms with Crippen molar-refractivity contribution in [3.05, 3.63) is 70.8 Å². The number of ether oxygens (including phenoxy) is 4. The van der Waals surface area contributed by atoms with Gasteiger partial charge in [-0.3, -0.25) is 0 Å². The van der Waals surface area contributed by atoms with Crippen molar-refractivity contribution in [3.63, 3.8) is 0 Å². The zero-order chi connectivity index (χ0) is 28.8. The van der Waals surface area contributed by atoms with E-state index in [1.54, 1.807) is 0 Å². The van der Waals surface area contributed by atoms with Crippen LogP contribution < -0.4 is 18.9 Å². The lowest BCUT2D eigenvalue weighted by molar-refractivity contribution is -0.0459. The molecule has 4 aliphatic carbocycles. The van der Waals surface area contributed by atoms with E-state index in [1.165, 1.54) is 22.3 Å². The van der Waals surface area contributed by atoms with Gasteiger partial charge in [-0.25, -0.2) is 0 Å². The summed E-state index contributed by atoms with van der Waals surface area (Å²) in [6.45, 7) is 1.98. The molecule has 224 valence electrons. The molecule has 4 heterocycles. The van der Waals surface area contributed by atoms with Crippen molar-refractivity contribution < 1.29 is 29.2 Å². The number of likely N-dealkylation sites (N-methyl/N-ethyl adjacent to an activating group) is 2. The minimum Gasteiger partial charge on any atom is -0.482 e. The Kier molecular flexibility index (Phi) is 4.92. The van der Waals surface area contributed by atoms with Crippen LogP contribution in [0.25, 0.3) is 0 Å². The normalized spacial score (nSPS) is 42.1. The lowest BCUT2D eigenvalue weighted by Gasteiger charge is -2.56. The van der Waals surface area contributed by atoms with Crippen LogP contribution in [0.5, 0.6) is 23.0 Å². The van der Waals surface area contributed by atoms with E-state index >= 15 is 0 Å². The molecule has 2 spiro atoms. The number of aliphatic hydroxyl groups excluding tert-OH is 2. The van der Waals surface area contributed by atoms with Gasteiger partial charge >= 0.3 is 0 Å². The minimum absolute atomic E-state index is 0.00478. The summed E-state index contributed by atoms with van der Waals surface area (Å²) in [6.07, 6.45) is 10.3. The highest BCUT2D eigenvalue weighted by molar-refractivity contribution is 5.63. The molecule has 8 aliphatic rings. The predicted molar refractivity (Wildman–Crippen MR) is 158 cm³/mol. The van der Waals surface area contributed by atoms with Crippen LogP contribution in [0.1, 0.15) is 35.1 Å². The fourth-order valence-corrected chi connectivity index (χ4v) is 10.8. The van der Waals surface area contributed by atoms with Gasteiger partial charge in [0.25, 0.3) is 0 Å². The summed E-state index contributed by atoms with van der Waals surface area (Å²) in [5.41, 5.74) is 4.63. The Balaban J connectivity index is 0.974. The molecule has 2 aromatic rings. The summed E-state index contributed by atoms with van der Waals surface area (Å²) in [5.74, 6) is 3.48. The maximum Gasteiger partial charge on any atom is 0.231 e. The number of benzene rings is 2. The number of nitrogens with zero attached hydrogens (tertiary/aromatic N) is 2. The van der Waals surface area contributed by atoms with Gasteiger partial charge in [0.15, 0.2) is 23.0 Å². The van der Waals surface area contributed by atoms with E-state index in [2.05, 4.69) is 48.2 Å². The molecule has 0 radical (unpaired) electrons. The summed E-state index contributed by atoms with van der Waals surface area (Å²) >= 11 is 0. The largest absolute Gasteiger partial charge is 0.482 e. The molecule has 0 aromatic heterocycles. The molecule has 10 rings (SSSR count). The lowest BCUT2D eigenvalue weighted by atomic mass is 9.53. The van der Waals surface area contributed by atoms with E-state index in [4.69, 9.17) is 18.9 Å². The average molecular weight is 583 g/mol. The summed E-state index contributed by atoms with van der Waals surface area (Å²) < 4.78 is 25.9. The van der Waals surface area contributed by atoms with E-state index in [1.807, 2.05) is 24.3 Å². The molecule has 43 heavy (non-hydrogen) atoms. The third kappa shape index (κ3) is 2.92. The topological polar surface area (TPSA) is 83.9 Å². The Morgan fingerprint density at radius 3 is 1.65 bits per heavy atom. The minimum atomic E-state index is -0.643. The molecule has 0 saturated carbocycles. The van der Waals surface area contributed by atoms with Crippen molar-refractivity contribution in [2.24, 2.45) is 11.8 Å². The van der Waals surface area contributed by atoms with Crippen LogP contribution in [0, 0.1) is 11.8 Å².